The fraction of sp³-hybridized carbons (Fsp3) is 0.474. The predicted molar refractivity (Wildman–Crippen MR) is 110 cm³/mol. The number of urea groups is 1. The highest BCUT2D eigenvalue weighted by Crippen LogP contribution is 2.11. The van der Waals surface area contributed by atoms with Gasteiger partial charge >= 0.3 is 12.1 Å². The Morgan fingerprint density at radius 1 is 1.03 bits per heavy atom. The average molecular weight is 423 g/mol. The Morgan fingerprint density at radius 3 is 2.17 bits per heavy atom. The van der Waals surface area contributed by atoms with Gasteiger partial charge in [-0.3, -0.25) is 9.59 Å². The Balaban J connectivity index is 2.87. The molecule has 0 saturated carbocycles. The molecule has 2 atom stereocenters. The van der Waals surface area contributed by atoms with Gasteiger partial charge in [0.05, 0.1) is 6.61 Å². The third kappa shape index (κ3) is 8.78. The van der Waals surface area contributed by atoms with E-state index in [1.807, 2.05) is 0 Å². The molecule has 0 bridgehead atoms. The van der Waals surface area contributed by atoms with E-state index in [0.717, 1.165) is 0 Å². The molecule has 11 heteroatoms. The number of aliphatic hydroxyl groups is 1. The molecule has 0 unspecified atom stereocenters. The number of benzene rings is 1. The van der Waals surface area contributed by atoms with Crippen molar-refractivity contribution in [1.82, 2.24) is 16.0 Å². The van der Waals surface area contributed by atoms with Gasteiger partial charge in [0.25, 0.3) is 0 Å². The molecular weight excluding hydrogens is 394 g/mol. The Hall–Kier alpha value is -3.34. The van der Waals surface area contributed by atoms with Crippen molar-refractivity contribution in [3.05, 3.63) is 29.8 Å². The highest BCUT2D eigenvalue weighted by molar-refractivity contribution is 5.98. The summed E-state index contributed by atoms with van der Waals surface area (Å²) in [4.78, 5) is 47.1. The lowest BCUT2D eigenvalue weighted by atomic mass is 10.0. The van der Waals surface area contributed by atoms with Crippen LogP contribution in [-0.2, 0) is 16.2 Å². The monoisotopic (exact) mass is 423 g/mol. The first kappa shape index (κ1) is 24.7. The van der Waals surface area contributed by atoms with Crippen molar-refractivity contribution in [3.8, 4) is 0 Å². The number of nitrogens with two attached hydrogens (primary N) is 1. The number of hydrogen-bond donors (Lipinski definition) is 7. The van der Waals surface area contributed by atoms with Crippen LogP contribution in [0.2, 0.25) is 0 Å². The molecule has 0 aromatic heterocycles. The normalized spacial score (nSPS) is 12.5. The second-order valence-corrected chi connectivity index (χ2v) is 7.01. The zero-order chi connectivity index (χ0) is 22.7. The highest BCUT2D eigenvalue weighted by Gasteiger charge is 2.28. The van der Waals surface area contributed by atoms with Crippen LogP contribution in [0.25, 0.3) is 0 Å². The third-order valence-electron chi connectivity index (χ3n) is 4.23. The predicted octanol–water partition coefficient (Wildman–Crippen LogP) is 0.343. The Morgan fingerprint density at radius 2 is 1.67 bits per heavy atom. The van der Waals surface area contributed by atoms with E-state index in [2.05, 4.69) is 21.3 Å². The van der Waals surface area contributed by atoms with Crippen LogP contribution in [0.3, 0.4) is 0 Å². The van der Waals surface area contributed by atoms with Gasteiger partial charge in [-0.05, 0) is 36.5 Å². The smallest absolute Gasteiger partial charge is 0.405 e. The summed E-state index contributed by atoms with van der Waals surface area (Å²) in [6.45, 7) is 3.43. The molecule has 0 saturated heterocycles. The summed E-state index contributed by atoms with van der Waals surface area (Å²) < 4.78 is 0. The molecule has 5 amide bonds. The maximum atomic E-state index is 12.7. The van der Waals surface area contributed by atoms with Gasteiger partial charge in [-0.1, -0.05) is 26.0 Å². The zero-order valence-electron chi connectivity index (χ0n) is 17.0. The largest absolute Gasteiger partial charge is 0.465 e. The second kappa shape index (κ2) is 12.3. The maximum absolute atomic E-state index is 12.7. The molecule has 0 radical (unpaired) electrons. The van der Waals surface area contributed by atoms with E-state index in [4.69, 9.17) is 15.9 Å². The SMILES string of the molecule is CC(C)[C@H](NC(=O)O)C(=O)N[C@@H](CCCNC(N)=O)C(=O)Nc1ccc(CO)cc1. The van der Waals surface area contributed by atoms with Crippen LogP contribution in [0.15, 0.2) is 24.3 Å². The summed E-state index contributed by atoms with van der Waals surface area (Å²) in [5.41, 5.74) is 6.16. The molecule has 1 aromatic carbocycles. The molecule has 0 fully saturated rings. The minimum absolute atomic E-state index is 0.132. The first-order valence-electron chi connectivity index (χ1n) is 9.47. The number of amides is 5. The van der Waals surface area contributed by atoms with Crippen LogP contribution >= 0.6 is 0 Å². The Kier molecular flexibility index (Phi) is 10.1. The number of aliphatic hydroxyl groups excluding tert-OH is 1. The number of carbonyl (C=O) groups is 4. The molecule has 0 heterocycles. The van der Waals surface area contributed by atoms with Crippen LogP contribution in [0.4, 0.5) is 15.3 Å². The number of rotatable bonds is 11. The molecule has 30 heavy (non-hydrogen) atoms. The first-order valence-corrected chi connectivity index (χ1v) is 9.47. The quantitative estimate of drug-likeness (QED) is 0.252. The van der Waals surface area contributed by atoms with Crippen molar-refractivity contribution in [2.45, 2.75) is 45.4 Å². The summed E-state index contributed by atoms with van der Waals surface area (Å²) in [6.07, 6.45) is -0.812. The summed E-state index contributed by atoms with van der Waals surface area (Å²) in [5, 5.41) is 27.8. The number of carboxylic acid groups (broad SMARTS) is 1. The van der Waals surface area contributed by atoms with Crippen LogP contribution in [0, 0.1) is 5.92 Å². The van der Waals surface area contributed by atoms with Crippen LogP contribution in [-0.4, -0.2) is 52.8 Å². The molecule has 0 aliphatic carbocycles. The van der Waals surface area contributed by atoms with Crippen molar-refractivity contribution in [3.63, 3.8) is 0 Å². The molecular formula is C19H29N5O6. The highest BCUT2D eigenvalue weighted by atomic mass is 16.4. The van der Waals surface area contributed by atoms with Gasteiger partial charge in [0.15, 0.2) is 0 Å². The minimum atomic E-state index is -1.35. The van der Waals surface area contributed by atoms with E-state index in [1.165, 1.54) is 0 Å². The van der Waals surface area contributed by atoms with Gasteiger partial charge in [0, 0.05) is 12.2 Å². The Labute approximate surface area is 174 Å². The zero-order valence-corrected chi connectivity index (χ0v) is 17.0. The van der Waals surface area contributed by atoms with Crippen molar-refractivity contribution in [2.24, 2.45) is 11.7 Å². The topological polar surface area (TPSA) is 183 Å². The van der Waals surface area contributed by atoms with Gasteiger partial charge in [0.2, 0.25) is 11.8 Å². The summed E-state index contributed by atoms with van der Waals surface area (Å²) in [6, 6.07) is 3.80. The van der Waals surface area contributed by atoms with Crippen LogP contribution in [0.1, 0.15) is 32.3 Å². The molecule has 1 rings (SSSR count). The van der Waals surface area contributed by atoms with Crippen molar-refractivity contribution in [1.29, 1.82) is 0 Å². The van der Waals surface area contributed by atoms with E-state index >= 15 is 0 Å². The molecule has 0 aliphatic heterocycles. The fourth-order valence-corrected chi connectivity index (χ4v) is 2.64. The number of hydrogen-bond acceptors (Lipinski definition) is 5. The van der Waals surface area contributed by atoms with Gasteiger partial charge < -0.3 is 37.2 Å². The van der Waals surface area contributed by atoms with Crippen LogP contribution < -0.4 is 27.0 Å². The van der Waals surface area contributed by atoms with E-state index in [1.54, 1.807) is 38.1 Å². The lowest BCUT2D eigenvalue weighted by molar-refractivity contribution is -0.128. The summed E-state index contributed by atoms with van der Waals surface area (Å²) in [7, 11) is 0. The van der Waals surface area contributed by atoms with Crippen molar-refractivity contribution >= 4 is 29.6 Å². The first-order chi connectivity index (χ1) is 14.1. The fourth-order valence-electron chi connectivity index (χ4n) is 2.64. The molecule has 166 valence electrons. The Bertz CT molecular complexity index is 737. The summed E-state index contributed by atoms with van der Waals surface area (Å²) in [5.74, 6) is -1.48. The number of nitrogens with one attached hydrogen (secondary N) is 4. The van der Waals surface area contributed by atoms with Gasteiger partial charge in [-0.25, -0.2) is 9.59 Å². The van der Waals surface area contributed by atoms with E-state index in [0.29, 0.717) is 17.7 Å². The van der Waals surface area contributed by atoms with Gasteiger partial charge in [-0.15, -0.1) is 0 Å². The molecule has 8 N–H and O–H groups in total. The third-order valence-corrected chi connectivity index (χ3v) is 4.23. The van der Waals surface area contributed by atoms with Gasteiger partial charge in [0.1, 0.15) is 12.1 Å². The number of primary amides is 1. The van der Waals surface area contributed by atoms with Crippen molar-refractivity contribution in [2.75, 3.05) is 11.9 Å². The lowest BCUT2D eigenvalue weighted by Gasteiger charge is -2.24. The van der Waals surface area contributed by atoms with E-state index in [9.17, 15) is 19.2 Å². The lowest BCUT2D eigenvalue weighted by Crippen LogP contribution is -2.54. The molecule has 11 nitrogen and oxygen atoms in total. The van der Waals surface area contributed by atoms with Gasteiger partial charge in [-0.2, -0.15) is 0 Å². The minimum Gasteiger partial charge on any atom is -0.465 e. The molecule has 1 aromatic rings. The van der Waals surface area contributed by atoms with Crippen molar-refractivity contribution < 1.29 is 29.4 Å². The average Bonchev–Trinajstić information content (AvgIpc) is 2.68. The number of carbonyl (C=O) groups excluding carboxylic acids is 3. The second-order valence-electron chi connectivity index (χ2n) is 7.01. The van der Waals surface area contributed by atoms with E-state index in [-0.39, 0.29) is 25.5 Å². The molecule has 0 spiro atoms. The molecule has 0 aliphatic rings. The maximum Gasteiger partial charge on any atom is 0.405 e. The van der Waals surface area contributed by atoms with Crippen LogP contribution in [0.5, 0.6) is 0 Å². The number of anilines is 1. The van der Waals surface area contributed by atoms with E-state index < -0.39 is 36.0 Å². The standard InChI is InChI=1S/C19H29N5O6/c1-11(2)15(24-19(29)30)17(27)23-14(4-3-9-21-18(20)28)16(26)22-13-7-5-12(10-25)6-8-13/h5-8,11,14-15,24-25H,3-4,9-10H2,1-2H3,(H,22,26)(H,23,27)(H,29,30)(H3,20,21,28)/t14-,15-/m0/s1. The summed E-state index contributed by atoms with van der Waals surface area (Å²) >= 11 is 0.